The van der Waals surface area contributed by atoms with Crippen molar-refractivity contribution in [2.45, 2.75) is 45.2 Å². The number of rotatable bonds is 6. The molecule has 0 aliphatic carbocycles. The molecule has 1 atom stereocenters. The monoisotopic (exact) mass is 381 g/mol. The Bertz CT molecular complexity index is 1040. The van der Waals surface area contributed by atoms with Crippen LogP contribution < -0.4 is 10.9 Å². The van der Waals surface area contributed by atoms with Gasteiger partial charge in [0.1, 0.15) is 12.1 Å². The number of nitrogens with zero attached hydrogens (tertiary/aromatic N) is 4. The third kappa shape index (κ3) is 3.67. The van der Waals surface area contributed by atoms with Gasteiger partial charge in [-0.15, -0.1) is 0 Å². The largest absolute Gasteiger partial charge is 0.354 e. The molecule has 0 bridgehead atoms. The normalized spacial score (nSPS) is 18.0. The number of nitrogens with one attached hydrogen (secondary N) is 1. The van der Waals surface area contributed by atoms with Crippen LogP contribution in [0.4, 0.5) is 0 Å². The van der Waals surface area contributed by atoms with Crippen molar-refractivity contribution in [3.8, 4) is 0 Å². The molecule has 4 heterocycles. The molecule has 0 saturated carbocycles. The summed E-state index contributed by atoms with van der Waals surface area (Å²) in [5.41, 5.74) is 1.68. The summed E-state index contributed by atoms with van der Waals surface area (Å²) in [5.74, 6) is -0.156. The van der Waals surface area contributed by atoms with Gasteiger partial charge in [0.25, 0.3) is 5.56 Å². The molecule has 7 heteroatoms. The summed E-state index contributed by atoms with van der Waals surface area (Å²) in [4.78, 5) is 32.2. The molecule has 0 spiro atoms. The number of pyridine rings is 1. The van der Waals surface area contributed by atoms with E-state index < -0.39 is 0 Å². The van der Waals surface area contributed by atoms with E-state index >= 15 is 0 Å². The van der Waals surface area contributed by atoms with Crippen LogP contribution in [0.3, 0.4) is 0 Å². The molecule has 1 saturated heterocycles. The minimum atomic E-state index is -0.200. The average molecular weight is 381 g/mol. The number of likely N-dealkylation sites (tertiary alicyclic amines) is 1. The van der Waals surface area contributed by atoms with Gasteiger partial charge in [0.05, 0.1) is 5.52 Å². The minimum absolute atomic E-state index is 0.0197. The van der Waals surface area contributed by atoms with Gasteiger partial charge in [0, 0.05) is 31.5 Å². The van der Waals surface area contributed by atoms with Crippen molar-refractivity contribution in [1.82, 2.24) is 24.2 Å². The Labute approximate surface area is 164 Å². The first-order valence-electron chi connectivity index (χ1n) is 10.1. The third-order valence-corrected chi connectivity index (χ3v) is 5.68. The summed E-state index contributed by atoms with van der Waals surface area (Å²) in [6.45, 7) is 5.03. The Morgan fingerprint density at radius 2 is 2.11 bits per heavy atom. The molecule has 4 rings (SSSR count). The highest BCUT2D eigenvalue weighted by Gasteiger charge is 2.17. The van der Waals surface area contributed by atoms with Crippen molar-refractivity contribution in [3.05, 3.63) is 47.0 Å². The first-order chi connectivity index (χ1) is 13.6. The first kappa shape index (κ1) is 18.7. The standard InChI is InChI=1S/C21H27N5O2/c1-16-7-2-3-12-24(16)13-6-11-22-19(27)15-26-20-17(8-4-10-23-20)25-14-5-9-18(25)21(26)28/h4-5,8-10,14,16H,2-3,6-7,11-13,15H2,1H3,(H,22,27)/t16-/m0/s1. The van der Waals surface area contributed by atoms with Crippen LogP contribution in [-0.4, -0.2) is 50.4 Å². The Morgan fingerprint density at radius 1 is 1.25 bits per heavy atom. The van der Waals surface area contributed by atoms with E-state index in [-0.39, 0.29) is 18.0 Å². The zero-order valence-corrected chi connectivity index (χ0v) is 16.3. The van der Waals surface area contributed by atoms with E-state index in [9.17, 15) is 9.59 Å². The molecule has 1 N–H and O–H groups in total. The number of piperidine rings is 1. The van der Waals surface area contributed by atoms with E-state index in [0.29, 0.717) is 23.8 Å². The lowest BCUT2D eigenvalue weighted by Crippen LogP contribution is -2.39. The van der Waals surface area contributed by atoms with Gasteiger partial charge in [-0.05, 0) is 57.0 Å². The summed E-state index contributed by atoms with van der Waals surface area (Å²) in [6, 6.07) is 7.97. The maximum Gasteiger partial charge on any atom is 0.276 e. The number of hydrogen-bond acceptors (Lipinski definition) is 4. The molecule has 0 radical (unpaired) electrons. The van der Waals surface area contributed by atoms with Gasteiger partial charge in [-0.25, -0.2) is 4.98 Å². The van der Waals surface area contributed by atoms with Crippen LogP contribution in [0.15, 0.2) is 41.5 Å². The summed E-state index contributed by atoms with van der Waals surface area (Å²) in [6.07, 6.45) is 8.25. The van der Waals surface area contributed by atoms with E-state index in [4.69, 9.17) is 0 Å². The second-order valence-corrected chi connectivity index (χ2v) is 7.59. The summed E-state index contributed by atoms with van der Waals surface area (Å²) >= 11 is 0. The van der Waals surface area contributed by atoms with Crippen molar-refractivity contribution in [2.75, 3.05) is 19.6 Å². The van der Waals surface area contributed by atoms with Crippen LogP contribution in [-0.2, 0) is 11.3 Å². The molecule has 0 aromatic carbocycles. The molecule has 1 fully saturated rings. The van der Waals surface area contributed by atoms with Crippen molar-refractivity contribution in [3.63, 3.8) is 0 Å². The second-order valence-electron chi connectivity index (χ2n) is 7.59. The highest BCUT2D eigenvalue weighted by Crippen LogP contribution is 2.16. The second kappa shape index (κ2) is 8.14. The van der Waals surface area contributed by atoms with Crippen LogP contribution in [0.1, 0.15) is 32.6 Å². The Hall–Kier alpha value is -2.67. The molecule has 3 aromatic heterocycles. The van der Waals surface area contributed by atoms with E-state index in [2.05, 4.69) is 22.1 Å². The summed E-state index contributed by atoms with van der Waals surface area (Å²) in [7, 11) is 0. The smallest absolute Gasteiger partial charge is 0.276 e. The lowest BCUT2D eigenvalue weighted by molar-refractivity contribution is -0.121. The van der Waals surface area contributed by atoms with E-state index in [1.807, 2.05) is 28.8 Å². The molecule has 0 unspecified atom stereocenters. The lowest BCUT2D eigenvalue weighted by Gasteiger charge is -2.33. The highest BCUT2D eigenvalue weighted by atomic mass is 16.2. The predicted octanol–water partition coefficient (Wildman–Crippen LogP) is 2.03. The molecule has 148 valence electrons. The average Bonchev–Trinajstić information content (AvgIpc) is 3.20. The van der Waals surface area contributed by atoms with Crippen molar-refractivity contribution < 1.29 is 4.79 Å². The number of amides is 1. The number of fused-ring (bicyclic) bond motifs is 3. The van der Waals surface area contributed by atoms with Crippen LogP contribution >= 0.6 is 0 Å². The van der Waals surface area contributed by atoms with Crippen molar-refractivity contribution >= 4 is 22.6 Å². The van der Waals surface area contributed by atoms with Gasteiger partial charge in [0.15, 0.2) is 5.65 Å². The maximum atomic E-state index is 12.8. The van der Waals surface area contributed by atoms with Crippen molar-refractivity contribution in [2.24, 2.45) is 0 Å². The van der Waals surface area contributed by atoms with Gasteiger partial charge in [-0.2, -0.15) is 0 Å². The fourth-order valence-corrected chi connectivity index (χ4v) is 4.13. The van der Waals surface area contributed by atoms with Crippen LogP contribution in [0.25, 0.3) is 16.7 Å². The zero-order valence-electron chi connectivity index (χ0n) is 16.3. The van der Waals surface area contributed by atoms with E-state index in [0.717, 1.165) is 25.0 Å². The molecule has 28 heavy (non-hydrogen) atoms. The fraction of sp³-hybridized carbons (Fsp3) is 0.476. The quantitative estimate of drug-likeness (QED) is 0.663. The third-order valence-electron chi connectivity index (χ3n) is 5.68. The molecule has 7 nitrogen and oxygen atoms in total. The Balaban J connectivity index is 1.42. The molecule has 1 aliphatic heterocycles. The summed E-state index contributed by atoms with van der Waals surface area (Å²) in [5, 5.41) is 2.96. The maximum absolute atomic E-state index is 12.8. The van der Waals surface area contributed by atoms with Gasteiger partial charge in [-0.3, -0.25) is 14.2 Å². The Kier molecular flexibility index (Phi) is 5.43. The van der Waals surface area contributed by atoms with Gasteiger partial charge >= 0.3 is 0 Å². The number of aromatic nitrogens is 3. The number of carbonyl (C=O) groups excluding carboxylic acids is 1. The first-order valence-corrected chi connectivity index (χ1v) is 10.1. The minimum Gasteiger partial charge on any atom is -0.354 e. The number of carbonyl (C=O) groups is 1. The molecular formula is C21H27N5O2. The van der Waals surface area contributed by atoms with Crippen LogP contribution in [0, 0.1) is 0 Å². The van der Waals surface area contributed by atoms with Crippen molar-refractivity contribution in [1.29, 1.82) is 0 Å². The van der Waals surface area contributed by atoms with E-state index in [1.54, 1.807) is 12.3 Å². The molecule has 1 aliphatic rings. The highest BCUT2D eigenvalue weighted by molar-refractivity contribution is 5.80. The molecule has 3 aromatic rings. The molecule has 1 amide bonds. The fourth-order valence-electron chi connectivity index (χ4n) is 4.13. The molecular weight excluding hydrogens is 354 g/mol. The number of hydrogen-bond donors (Lipinski definition) is 1. The summed E-state index contributed by atoms with van der Waals surface area (Å²) < 4.78 is 3.28. The van der Waals surface area contributed by atoms with Gasteiger partial charge in [-0.1, -0.05) is 6.42 Å². The zero-order chi connectivity index (χ0) is 19.5. The predicted molar refractivity (Wildman–Crippen MR) is 109 cm³/mol. The van der Waals surface area contributed by atoms with Gasteiger partial charge in [0.2, 0.25) is 5.91 Å². The van der Waals surface area contributed by atoms with E-state index in [1.165, 1.54) is 23.8 Å². The van der Waals surface area contributed by atoms with Crippen LogP contribution in [0.2, 0.25) is 0 Å². The topological polar surface area (TPSA) is 71.6 Å². The van der Waals surface area contributed by atoms with Crippen LogP contribution in [0.5, 0.6) is 0 Å². The SMILES string of the molecule is C[C@H]1CCCCN1CCCNC(=O)Cn1c(=O)c2cccn2c2cccnc21. The van der Waals surface area contributed by atoms with Gasteiger partial charge < -0.3 is 14.6 Å². The Morgan fingerprint density at radius 3 is 2.96 bits per heavy atom. The lowest BCUT2D eigenvalue weighted by atomic mass is 10.0.